The summed E-state index contributed by atoms with van der Waals surface area (Å²) in [5.41, 5.74) is 12.0. The number of amides is 1. The smallest absolute Gasteiger partial charge is 0.224 e. The molecule has 0 saturated carbocycles. The lowest BCUT2D eigenvalue weighted by Crippen LogP contribution is -2.13. The molecule has 4 nitrogen and oxygen atoms in total. The second-order valence-corrected chi connectivity index (χ2v) is 4.05. The van der Waals surface area contributed by atoms with Gasteiger partial charge in [-0.2, -0.15) is 0 Å². The van der Waals surface area contributed by atoms with Gasteiger partial charge in [-0.05, 0) is 31.2 Å². The average Bonchev–Trinajstić information content (AvgIpc) is 2.37. The Balaban J connectivity index is 2.75. The first kappa shape index (κ1) is 14.5. The third-order valence-electron chi connectivity index (χ3n) is 2.18. The van der Waals surface area contributed by atoms with E-state index in [1.165, 1.54) is 0 Å². The standard InChI is InChI=1S/C13H16ClN3O/c14-12-6-5-11(9-10(12)3-1-7-15)17-13(18)4-2-8-16/h5-6,9H,2,4,7-8,15-16H2,(H,17,18). The molecule has 0 bridgehead atoms. The molecule has 0 aliphatic rings. The Hall–Kier alpha value is -1.54. The summed E-state index contributed by atoms with van der Waals surface area (Å²) in [5.74, 6) is 5.51. The first-order valence-electron chi connectivity index (χ1n) is 5.65. The normalized spacial score (nSPS) is 9.50. The fourth-order valence-electron chi connectivity index (χ4n) is 1.33. The van der Waals surface area contributed by atoms with Crippen molar-refractivity contribution in [3.63, 3.8) is 0 Å². The maximum atomic E-state index is 11.5. The summed E-state index contributed by atoms with van der Waals surface area (Å²) in [6.07, 6.45) is 1.07. The minimum Gasteiger partial charge on any atom is -0.330 e. The first-order chi connectivity index (χ1) is 8.67. The van der Waals surface area contributed by atoms with Crippen molar-refractivity contribution in [1.82, 2.24) is 0 Å². The summed E-state index contributed by atoms with van der Waals surface area (Å²) in [6.45, 7) is 0.769. The van der Waals surface area contributed by atoms with Gasteiger partial charge in [0, 0.05) is 17.7 Å². The highest BCUT2D eigenvalue weighted by Gasteiger charge is 2.04. The molecule has 0 atom stereocenters. The number of hydrogen-bond acceptors (Lipinski definition) is 3. The fraction of sp³-hybridized carbons (Fsp3) is 0.308. The average molecular weight is 266 g/mol. The summed E-state index contributed by atoms with van der Waals surface area (Å²) >= 11 is 5.98. The van der Waals surface area contributed by atoms with Gasteiger partial charge in [0.05, 0.1) is 11.6 Å². The Morgan fingerprint density at radius 2 is 2.17 bits per heavy atom. The van der Waals surface area contributed by atoms with Gasteiger partial charge < -0.3 is 16.8 Å². The molecule has 0 unspecified atom stereocenters. The van der Waals surface area contributed by atoms with Crippen LogP contribution in [0.4, 0.5) is 5.69 Å². The number of carbonyl (C=O) groups is 1. The van der Waals surface area contributed by atoms with E-state index in [1.807, 2.05) is 0 Å². The Morgan fingerprint density at radius 1 is 1.39 bits per heavy atom. The van der Waals surface area contributed by atoms with Gasteiger partial charge in [0.25, 0.3) is 0 Å². The molecule has 1 amide bonds. The topological polar surface area (TPSA) is 81.1 Å². The predicted molar refractivity (Wildman–Crippen MR) is 74.3 cm³/mol. The molecule has 0 radical (unpaired) electrons. The predicted octanol–water partition coefficient (Wildman–Crippen LogP) is 1.33. The Morgan fingerprint density at radius 3 is 2.83 bits per heavy atom. The van der Waals surface area contributed by atoms with Gasteiger partial charge in [-0.1, -0.05) is 23.4 Å². The third kappa shape index (κ3) is 4.76. The van der Waals surface area contributed by atoms with E-state index in [-0.39, 0.29) is 12.5 Å². The van der Waals surface area contributed by atoms with E-state index in [4.69, 9.17) is 23.1 Å². The number of halogens is 1. The molecule has 1 aromatic carbocycles. The van der Waals surface area contributed by atoms with E-state index >= 15 is 0 Å². The maximum Gasteiger partial charge on any atom is 0.224 e. The second-order valence-electron chi connectivity index (χ2n) is 3.64. The molecule has 96 valence electrons. The monoisotopic (exact) mass is 265 g/mol. The number of nitrogens with one attached hydrogen (secondary N) is 1. The van der Waals surface area contributed by atoms with Crippen LogP contribution in [0.2, 0.25) is 5.02 Å². The number of carbonyl (C=O) groups excluding carboxylic acids is 1. The molecule has 1 aromatic rings. The van der Waals surface area contributed by atoms with Crippen molar-refractivity contribution in [1.29, 1.82) is 0 Å². The Bertz CT molecular complexity index is 477. The lowest BCUT2D eigenvalue weighted by atomic mass is 10.2. The zero-order valence-corrected chi connectivity index (χ0v) is 10.8. The van der Waals surface area contributed by atoms with Crippen molar-refractivity contribution < 1.29 is 4.79 Å². The summed E-state index contributed by atoms with van der Waals surface area (Å²) in [4.78, 5) is 11.5. The number of anilines is 1. The zero-order valence-electron chi connectivity index (χ0n) is 10.0. The van der Waals surface area contributed by atoms with Gasteiger partial charge >= 0.3 is 0 Å². The first-order valence-corrected chi connectivity index (χ1v) is 6.03. The Labute approximate surface area is 112 Å². The SMILES string of the molecule is NCC#Cc1cc(NC(=O)CCCN)ccc1Cl. The van der Waals surface area contributed by atoms with E-state index < -0.39 is 0 Å². The molecule has 1 rings (SSSR count). The molecule has 0 fully saturated rings. The molecule has 0 heterocycles. The molecular formula is C13H16ClN3O. The van der Waals surface area contributed by atoms with Crippen molar-refractivity contribution in [2.45, 2.75) is 12.8 Å². The van der Waals surface area contributed by atoms with E-state index in [9.17, 15) is 4.79 Å². The van der Waals surface area contributed by atoms with E-state index in [0.29, 0.717) is 35.7 Å². The van der Waals surface area contributed by atoms with Crippen LogP contribution in [0.25, 0.3) is 0 Å². The molecule has 5 heteroatoms. The van der Waals surface area contributed by atoms with Crippen molar-refractivity contribution in [2.24, 2.45) is 11.5 Å². The molecule has 0 spiro atoms. The highest BCUT2D eigenvalue weighted by atomic mass is 35.5. The van der Waals surface area contributed by atoms with Crippen LogP contribution in [0.15, 0.2) is 18.2 Å². The third-order valence-corrected chi connectivity index (χ3v) is 2.51. The number of hydrogen-bond donors (Lipinski definition) is 3. The van der Waals surface area contributed by atoms with Crippen molar-refractivity contribution in [2.75, 3.05) is 18.4 Å². The number of nitrogens with two attached hydrogens (primary N) is 2. The van der Waals surface area contributed by atoms with Gasteiger partial charge in [0.1, 0.15) is 0 Å². The van der Waals surface area contributed by atoms with Gasteiger partial charge in [-0.15, -0.1) is 0 Å². The van der Waals surface area contributed by atoms with Gasteiger partial charge in [-0.25, -0.2) is 0 Å². The van der Waals surface area contributed by atoms with Crippen LogP contribution >= 0.6 is 11.6 Å². The lowest BCUT2D eigenvalue weighted by molar-refractivity contribution is -0.116. The van der Waals surface area contributed by atoms with Crippen LogP contribution in [0.5, 0.6) is 0 Å². The molecule has 0 aliphatic heterocycles. The largest absolute Gasteiger partial charge is 0.330 e. The summed E-state index contributed by atoms with van der Waals surface area (Å²) in [6, 6.07) is 5.16. The Kier molecular flexibility index (Phi) is 6.23. The minimum absolute atomic E-state index is 0.0690. The van der Waals surface area contributed by atoms with Crippen LogP contribution in [0.3, 0.4) is 0 Å². The second kappa shape index (κ2) is 7.72. The van der Waals surface area contributed by atoms with Crippen LogP contribution in [-0.2, 0) is 4.79 Å². The zero-order chi connectivity index (χ0) is 13.4. The van der Waals surface area contributed by atoms with Crippen LogP contribution in [0, 0.1) is 11.8 Å². The van der Waals surface area contributed by atoms with E-state index in [2.05, 4.69) is 17.2 Å². The minimum atomic E-state index is -0.0690. The quantitative estimate of drug-likeness (QED) is 0.719. The van der Waals surface area contributed by atoms with Crippen LogP contribution < -0.4 is 16.8 Å². The highest BCUT2D eigenvalue weighted by molar-refractivity contribution is 6.31. The number of benzene rings is 1. The fourth-order valence-corrected chi connectivity index (χ4v) is 1.50. The van der Waals surface area contributed by atoms with Gasteiger partial charge in [-0.3, -0.25) is 4.79 Å². The van der Waals surface area contributed by atoms with E-state index in [0.717, 1.165) is 0 Å². The molecule has 18 heavy (non-hydrogen) atoms. The molecule has 0 saturated heterocycles. The highest BCUT2D eigenvalue weighted by Crippen LogP contribution is 2.19. The molecule has 5 N–H and O–H groups in total. The van der Waals surface area contributed by atoms with Gasteiger partial charge in [0.15, 0.2) is 0 Å². The molecular weight excluding hydrogens is 250 g/mol. The van der Waals surface area contributed by atoms with Crippen molar-refractivity contribution in [3.8, 4) is 11.8 Å². The summed E-state index contributed by atoms with van der Waals surface area (Å²) in [7, 11) is 0. The van der Waals surface area contributed by atoms with Crippen molar-refractivity contribution >= 4 is 23.2 Å². The molecule has 0 aliphatic carbocycles. The lowest BCUT2D eigenvalue weighted by Gasteiger charge is -2.06. The van der Waals surface area contributed by atoms with E-state index in [1.54, 1.807) is 18.2 Å². The maximum absolute atomic E-state index is 11.5. The molecule has 0 aromatic heterocycles. The van der Waals surface area contributed by atoms with Crippen LogP contribution in [-0.4, -0.2) is 19.0 Å². The van der Waals surface area contributed by atoms with Crippen molar-refractivity contribution in [3.05, 3.63) is 28.8 Å². The van der Waals surface area contributed by atoms with Gasteiger partial charge in [0.2, 0.25) is 5.91 Å². The summed E-state index contributed by atoms with van der Waals surface area (Å²) in [5, 5.41) is 3.31. The number of rotatable bonds is 4. The summed E-state index contributed by atoms with van der Waals surface area (Å²) < 4.78 is 0. The van der Waals surface area contributed by atoms with Crippen LogP contribution in [0.1, 0.15) is 18.4 Å².